The fourth-order valence-corrected chi connectivity index (χ4v) is 6.34. The molecule has 9 heteroatoms. The molecule has 39 heavy (non-hydrogen) atoms. The maximum atomic E-state index is 13.7. The molecule has 1 aromatic carbocycles. The molecule has 212 valence electrons. The van der Waals surface area contributed by atoms with Gasteiger partial charge in [-0.05, 0) is 89.6 Å². The van der Waals surface area contributed by atoms with Crippen molar-refractivity contribution in [2.75, 3.05) is 32.7 Å². The highest BCUT2D eigenvalue weighted by molar-refractivity contribution is 5.95. The van der Waals surface area contributed by atoms with Crippen LogP contribution in [-0.4, -0.2) is 75.9 Å². The predicted molar refractivity (Wildman–Crippen MR) is 148 cm³/mol. The maximum absolute atomic E-state index is 13.7. The Balaban J connectivity index is 1.28. The van der Waals surface area contributed by atoms with Crippen LogP contribution in [0.25, 0.3) is 5.69 Å². The summed E-state index contributed by atoms with van der Waals surface area (Å²) in [6.07, 6.45) is 9.08. The monoisotopic (exact) mass is 539 g/mol. The number of nitrogens with one attached hydrogen (secondary N) is 1. The Morgan fingerprint density at radius 2 is 1.72 bits per heavy atom. The lowest BCUT2D eigenvalue weighted by molar-refractivity contribution is 0.0203. The lowest BCUT2D eigenvalue weighted by Gasteiger charge is -2.34. The van der Waals surface area contributed by atoms with Gasteiger partial charge in [0.25, 0.3) is 5.91 Å². The highest BCUT2D eigenvalue weighted by Crippen LogP contribution is 2.33. The smallest absolute Gasteiger partial charge is 0.410 e. The van der Waals surface area contributed by atoms with Gasteiger partial charge in [0, 0.05) is 38.1 Å². The largest absolute Gasteiger partial charge is 0.444 e. The number of nitrogens with zero attached hydrogens (tertiary/aromatic N) is 4. The maximum Gasteiger partial charge on any atom is 0.410 e. The number of amides is 2. The average molecular weight is 540 g/mol. The summed E-state index contributed by atoms with van der Waals surface area (Å²) in [5.41, 5.74) is 1.54. The van der Waals surface area contributed by atoms with Gasteiger partial charge in [0.2, 0.25) is 0 Å². The van der Waals surface area contributed by atoms with Crippen LogP contribution in [0.3, 0.4) is 0 Å². The fraction of sp³-hybridized carbons (Fsp3) is 0.633. The van der Waals surface area contributed by atoms with Gasteiger partial charge in [0.05, 0.1) is 23.1 Å². The molecule has 2 aromatic rings. The van der Waals surface area contributed by atoms with E-state index in [1.165, 1.54) is 37.8 Å². The van der Waals surface area contributed by atoms with Crippen LogP contribution < -0.4 is 5.32 Å². The molecule has 3 aliphatic rings. The van der Waals surface area contributed by atoms with Crippen molar-refractivity contribution in [2.24, 2.45) is 5.92 Å². The average Bonchev–Trinajstić information content (AvgIpc) is 3.68. The van der Waals surface area contributed by atoms with Gasteiger partial charge < -0.3 is 19.9 Å². The molecule has 1 N–H and O–H groups in total. The molecule has 8 nitrogen and oxygen atoms in total. The molecule has 1 aliphatic carbocycles. The number of aromatic nitrogens is 2. The van der Waals surface area contributed by atoms with Gasteiger partial charge in [0.15, 0.2) is 0 Å². The van der Waals surface area contributed by atoms with Crippen LogP contribution in [0.4, 0.5) is 9.18 Å². The Kier molecular flexibility index (Phi) is 8.26. The lowest BCUT2D eigenvalue weighted by atomic mass is 9.90. The zero-order chi connectivity index (χ0) is 27.6. The van der Waals surface area contributed by atoms with Crippen LogP contribution in [0, 0.1) is 11.7 Å². The number of hydrogen-bond acceptors (Lipinski definition) is 5. The predicted octanol–water partition coefficient (Wildman–Crippen LogP) is 5.12. The van der Waals surface area contributed by atoms with E-state index >= 15 is 0 Å². The van der Waals surface area contributed by atoms with Crippen LogP contribution in [0.15, 0.2) is 30.5 Å². The van der Waals surface area contributed by atoms with E-state index in [1.54, 1.807) is 27.9 Å². The number of carbonyl (C=O) groups excluding carboxylic acids is 2. The number of likely N-dealkylation sites (tertiary alicyclic amines) is 2. The molecule has 1 saturated carbocycles. The minimum atomic E-state index is -0.548. The summed E-state index contributed by atoms with van der Waals surface area (Å²) in [6, 6.07) is 6.89. The third-order valence-corrected chi connectivity index (χ3v) is 8.37. The molecule has 1 atom stereocenters. The van der Waals surface area contributed by atoms with Crippen molar-refractivity contribution in [1.82, 2.24) is 24.9 Å². The van der Waals surface area contributed by atoms with Crippen molar-refractivity contribution in [1.29, 1.82) is 0 Å². The van der Waals surface area contributed by atoms with Gasteiger partial charge in [-0.2, -0.15) is 5.10 Å². The minimum Gasteiger partial charge on any atom is -0.444 e. The number of rotatable bonds is 6. The van der Waals surface area contributed by atoms with Crippen molar-refractivity contribution in [2.45, 2.75) is 83.3 Å². The van der Waals surface area contributed by atoms with Crippen LogP contribution in [0.5, 0.6) is 0 Å². The summed E-state index contributed by atoms with van der Waals surface area (Å²) in [5, 5.41) is 7.77. The highest BCUT2D eigenvalue weighted by atomic mass is 19.1. The van der Waals surface area contributed by atoms with E-state index < -0.39 is 5.60 Å². The highest BCUT2D eigenvalue weighted by Gasteiger charge is 2.33. The summed E-state index contributed by atoms with van der Waals surface area (Å²) in [6.45, 7) is 9.48. The van der Waals surface area contributed by atoms with Crippen molar-refractivity contribution < 1.29 is 18.7 Å². The van der Waals surface area contributed by atoms with E-state index in [2.05, 4.69) is 15.3 Å². The Bertz CT molecular complexity index is 1140. The quantitative estimate of drug-likeness (QED) is 0.551. The molecule has 1 aromatic heterocycles. The van der Waals surface area contributed by atoms with Crippen molar-refractivity contribution in [3.05, 3.63) is 47.5 Å². The summed E-state index contributed by atoms with van der Waals surface area (Å²) < 4.78 is 21.0. The van der Waals surface area contributed by atoms with Crippen LogP contribution >= 0.6 is 0 Å². The molecule has 3 heterocycles. The summed E-state index contributed by atoms with van der Waals surface area (Å²) in [4.78, 5) is 30.5. The Hall–Kier alpha value is -2.94. The summed E-state index contributed by atoms with van der Waals surface area (Å²) in [7, 11) is 0. The molecule has 0 bridgehead atoms. The van der Waals surface area contributed by atoms with E-state index in [0.29, 0.717) is 49.6 Å². The SMILES string of the molecule is CC(C)(C)OC(=O)N1CCC(c2c(C(=O)NC[C@H]3CCN(C4CCCC4)C3)cnn2-c2ccc(F)cc2)CC1. The number of halogens is 1. The normalized spacial score (nSPS) is 21.4. The zero-order valence-corrected chi connectivity index (χ0v) is 23.5. The second-order valence-electron chi connectivity index (χ2n) is 12.4. The Morgan fingerprint density at radius 1 is 1.03 bits per heavy atom. The van der Waals surface area contributed by atoms with Crippen LogP contribution in [-0.2, 0) is 4.74 Å². The van der Waals surface area contributed by atoms with Crippen molar-refractivity contribution in [3.63, 3.8) is 0 Å². The first-order chi connectivity index (χ1) is 18.7. The van der Waals surface area contributed by atoms with E-state index in [9.17, 15) is 14.0 Å². The zero-order valence-electron chi connectivity index (χ0n) is 23.5. The van der Waals surface area contributed by atoms with E-state index in [4.69, 9.17) is 4.74 Å². The first-order valence-corrected chi connectivity index (χ1v) is 14.5. The van der Waals surface area contributed by atoms with Gasteiger partial charge in [-0.3, -0.25) is 4.79 Å². The molecule has 0 spiro atoms. The van der Waals surface area contributed by atoms with Crippen LogP contribution in [0.1, 0.15) is 87.7 Å². The lowest BCUT2D eigenvalue weighted by Crippen LogP contribution is -2.41. The molecular weight excluding hydrogens is 497 g/mol. The molecule has 3 fully saturated rings. The summed E-state index contributed by atoms with van der Waals surface area (Å²) >= 11 is 0. The number of carbonyl (C=O) groups is 2. The number of hydrogen-bond donors (Lipinski definition) is 1. The molecule has 2 aliphatic heterocycles. The van der Waals surface area contributed by atoms with Gasteiger partial charge in [-0.15, -0.1) is 0 Å². The van der Waals surface area contributed by atoms with E-state index in [-0.39, 0.29) is 23.7 Å². The standard InChI is InChI=1S/C30H42FN5O3/c1-30(2,3)39-29(38)34-16-13-22(14-17-34)27-26(19-33-36(27)25-10-8-23(31)9-11-25)28(37)32-18-21-12-15-35(20-21)24-6-4-5-7-24/h8-11,19,21-22,24H,4-7,12-18,20H2,1-3H3,(H,32,37)/t21-/m1/s1. The number of ether oxygens (including phenoxy) is 1. The number of piperidine rings is 1. The third kappa shape index (κ3) is 6.62. The molecule has 5 rings (SSSR count). The molecule has 2 amide bonds. The van der Waals surface area contributed by atoms with Gasteiger partial charge in [-0.1, -0.05) is 12.8 Å². The minimum absolute atomic E-state index is 0.0290. The van der Waals surface area contributed by atoms with E-state index in [1.807, 2.05) is 20.8 Å². The fourth-order valence-electron chi connectivity index (χ4n) is 6.34. The van der Waals surface area contributed by atoms with Crippen LogP contribution in [0.2, 0.25) is 0 Å². The summed E-state index contributed by atoms with van der Waals surface area (Å²) in [5.74, 6) is 0.0510. The van der Waals surface area contributed by atoms with Gasteiger partial charge >= 0.3 is 6.09 Å². The molecule has 0 radical (unpaired) electrons. The third-order valence-electron chi connectivity index (χ3n) is 8.37. The first kappa shape index (κ1) is 27.6. The van der Waals surface area contributed by atoms with Crippen molar-refractivity contribution in [3.8, 4) is 5.69 Å². The Labute approximate surface area is 230 Å². The first-order valence-electron chi connectivity index (χ1n) is 14.5. The topological polar surface area (TPSA) is 79.7 Å². The molecular formula is C30H42FN5O3. The second-order valence-corrected chi connectivity index (χ2v) is 12.4. The molecule has 0 unspecified atom stereocenters. The van der Waals surface area contributed by atoms with Crippen molar-refractivity contribution >= 4 is 12.0 Å². The van der Waals surface area contributed by atoms with Gasteiger partial charge in [0.1, 0.15) is 11.4 Å². The Morgan fingerprint density at radius 3 is 2.38 bits per heavy atom. The second kappa shape index (κ2) is 11.7. The van der Waals surface area contributed by atoms with Gasteiger partial charge in [-0.25, -0.2) is 13.9 Å². The number of benzene rings is 1. The molecule has 2 saturated heterocycles. The van der Waals surface area contributed by atoms with E-state index in [0.717, 1.165) is 31.2 Å².